The van der Waals surface area contributed by atoms with Crippen LogP contribution < -0.4 is 81.8 Å². The minimum absolute atomic E-state index is 0.0231. The Balaban J connectivity index is 0.000000213. The lowest BCUT2D eigenvalue weighted by atomic mass is 9.72. The van der Waals surface area contributed by atoms with E-state index in [1.165, 1.54) is 76.2 Å². The van der Waals surface area contributed by atoms with Crippen LogP contribution in [0.4, 0.5) is 49.0 Å². The zero-order chi connectivity index (χ0) is 81.4. The number of carbonyl (C=O) groups excluding carboxylic acids is 10. The summed E-state index contributed by atoms with van der Waals surface area (Å²) in [5.74, 6) is 0.0177. The zero-order valence-corrected chi connectivity index (χ0v) is 71.2. The number of carbonyl (C=O) groups is 10. The largest absolute Gasteiger partial charge is 0.376 e. The summed E-state index contributed by atoms with van der Waals surface area (Å²) < 4.78 is 5.34. The van der Waals surface area contributed by atoms with Gasteiger partial charge in [0.05, 0.1) is 41.0 Å². The highest BCUT2D eigenvalue weighted by Gasteiger charge is 2.37. The molecular weight excluding hydrogens is 1480 g/mol. The quantitative estimate of drug-likeness (QED) is 0.0388. The van der Waals surface area contributed by atoms with Crippen LogP contribution in [0, 0.1) is 34.5 Å². The molecule has 4 unspecified atom stereocenters. The molecule has 5 aromatic rings. The van der Waals surface area contributed by atoms with Crippen LogP contribution in [-0.2, 0) is 69.1 Å². The van der Waals surface area contributed by atoms with Crippen LogP contribution in [0.1, 0.15) is 280 Å². The number of urea groups is 5. The number of nitrogens with one attached hydrogen (secondary N) is 10. The molecule has 0 fully saturated rings. The Kier molecular flexibility index (Phi) is 32.5. The molecule has 0 bridgehead atoms. The predicted octanol–water partition coefficient (Wildman–Crippen LogP) is 15.1. The summed E-state index contributed by atoms with van der Waals surface area (Å²) in [7, 11) is 0. The maximum Gasteiger partial charge on any atom is 0.320 e. The van der Waals surface area contributed by atoms with Gasteiger partial charge in [0.25, 0.3) is 29.5 Å². The average Bonchev–Trinajstić information content (AvgIpc) is 1.60. The highest BCUT2D eigenvalue weighted by Crippen LogP contribution is 2.47. The van der Waals surface area contributed by atoms with Crippen LogP contribution >= 0.6 is 56.7 Å². The molecule has 5 aliphatic rings. The molecule has 0 spiro atoms. The third-order valence-corrected chi connectivity index (χ3v) is 25.0. The van der Waals surface area contributed by atoms with Crippen molar-refractivity contribution < 1.29 is 52.7 Å². The summed E-state index contributed by atoms with van der Waals surface area (Å²) in [6.07, 6.45) is 16.0. The van der Waals surface area contributed by atoms with Crippen molar-refractivity contribution in [1.29, 1.82) is 0 Å². The molecule has 6 heterocycles. The molecule has 26 nitrogen and oxygen atoms in total. The highest BCUT2D eigenvalue weighted by atomic mass is 32.1. The van der Waals surface area contributed by atoms with Gasteiger partial charge in [-0.2, -0.15) is 0 Å². The van der Waals surface area contributed by atoms with Gasteiger partial charge in [-0.15, -0.1) is 56.7 Å². The van der Waals surface area contributed by atoms with Crippen LogP contribution in [0.2, 0.25) is 0 Å². The van der Waals surface area contributed by atoms with Crippen molar-refractivity contribution in [1.82, 2.24) is 26.6 Å². The smallest absolute Gasteiger partial charge is 0.320 e. The van der Waals surface area contributed by atoms with Crippen LogP contribution in [0.15, 0.2) is 0 Å². The number of primary amides is 5. The van der Waals surface area contributed by atoms with Gasteiger partial charge in [-0.3, -0.25) is 50.6 Å². The van der Waals surface area contributed by atoms with E-state index >= 15 is 0 Å². The molecule has 5 aromatic heterocycles. The summed E-state index contributed by atoms with van der Waals surface area (Å²) in [6, 6.07) is -1.46. The number of rotatable bonds is 17. The molecule has 15 amide bonds. The number of anilines is 5. The standard InChI is InChI=1S/2C18H29N3O2S.2C15H23N3O2S.C12H17N3O3S/c1-17(2,3)10-7-8-11-12(9-10)24-15(13(11)14(19)22)20-16(23)21-18(4,5)6;1-5-6-9-20-17(23)21-16-14(15(19)22)12-8-7-11(18(2,3)4)10-13(12)24-16;1-8-5-6-9-10(7-8)21-13(11(9)12(16)19)17-14(20)18-15(2,3)4;1-3-4-7-17-15(20)18-14-12(13(16)19)10-6-5-9(2)8-11(10)21-14;1-6(2)14-12(17)15-11-9(10(13)16)7-3-4-18-5-8(7)19-11/h10H,7-9H2,1-6H3,(H2,19,22)(H2,20,21,23);11H,5-10H2,1-4H3,(H2,19,22)(H2,20,21,23);8H,5-7H2,1-4H3,(H2,16,19)(H2,17,18,20);9H,3-8H2,1-2H3,(H2,16,19)(H2,17,18,20);6H,3-5H2,1-2H3,(H2,13,16)(H2,14,15,17). The van der Waals surface area contributed by atoms with E-state index in [1.807, 2.05) is 55.4 Å². The molecule has 20 N–H and O–H groups in total. The Morgan fingerprint density at radius 1 is 0.404 bits per heavy atom. The lowest BCUT2D eigenvalue weighted by Crippen LogP contribution is -2.43. The fraction of sp³-hybridized carbons (Fsp3) is 0.615. The van der Waals surface area contributed by atoms with Gasteiger partial charge < -0.3 is 60.0 Å². The number of amides is 15. The molecule has 4 aliphatic carbocycles. The van der Waals surface area contributed by atoms with Crippen LogP contribution in [0.25, 0.3) is 0 Å². The average molecular weight is 1610 g/mol. The monoisotopic (exact) mass is 1600 g/mol. The van der Waals surface area contributed by atoms with Gasteiger partial charge in [-0.25, -0.2) is 24.0 Å². The maximum absolute atomic E-state index is 12.2. The molecule has 4 atom stereocenters. The van der Waals surface area contributed by atoms with E-state index in [0.29, 0.717) is 109 Å². The van der Waals surface area contributed by atoms with E-state index in [9.17, 15) is 47.9 Å². The van der Waals surface area contributed by atoms with Crippen LogP contribution in [0.5, 0.6) is 0 Å². The van der Waals surface area contributed by atoms with Gasteiger partial charge >= 0.3 is 30.2 Å². The lowest BCUT2D eigenvalue weighted by Gasteiger charge is -2.33. The van der Waals surface area contributed by atoms with Crippen molar-refractivity contribution in [3.05, 3.63) is 80.0 Å². The first-order valence-electron chi connectivity index (χ1n) is 38.0. The summed E-state index contributed by atoms with van der Waals surface area (Å²) in [4.78, 5) is 124. The summed E-state index contributed by atoms with van der Waals surface area (Å²) in [5.41, 5.74) is 34.9. The summed E-state index contributed by atoms with van der Waals surface area (Å²) >= 11 is 7.31. The third-order valence-electron chi connectivity index (χ3n) is 19.2. The third kappa shape index (κ3) is 26.4. The van der Waals surface area contributed by atoms with Gasteiger partial charge in [0.1, 0.15) is 25.0 Å². The molecule has 604 valence electrons. The number of hydrogen-bond acceptors (Lipinski definition) is 16. The molecule has 1 aliphatic heterocycles. The number of nitrogens with two attached hydrogens (primary N) is 5. The van der Waals surface area contributed by atoms with E-state index in [2.05, 4.69) is 122 Å². The van der Waals surface area contributed by atoms with E-state index < -0.39 is 29.5 Å². The van der Waals surface area contributed by atoms with Crippen molar-refractivity contribution in [2.75, 3.05) is 46.3 Å². The predicted molar refractivity (Wildman–Crippen MR) is 445 cm³/mol. The molecule has 0 radical (unpaired) electrons. The number of thiophene rings is 5. The minimum Gasteiger partial charge on any atom is -0.376 e. The fourth-order valence-corrected chi connectivity index (χ4v) is 20.2. The Morgan fingerprint density at radius 2 is 0.688 bits per heavy atom. The van der Waals surface area contributed by atoms with Gasteiger partial charge in [0.15, 0.2) is 0 Å². The van der Waals surface area contributed by atoms with Crippen molar-refractivity contribution in [3.8, 4) is 0 Å². The van der Waals surface area contributed by atoms with Gasteiger partial charge in [0, 0.05) is 54.6 Å². The Hall–Kier alpha value is -7.84. The molecule has 0 aromatic carbocycles. The van der Waals surface area contributed by atoms with Crippen molar-refractivity contribution >= 4 is 141 Å². The first-order valence-corrected chi connectivity index (χ1v) is 42.0. The fourth-order valence-electron chi connectivity index (χ4n) is 13.5. The summed E-state index contributed by atoms with van der Waals surface area (Å²) in [6.45, 7) is 39.5. The lowest BCUT2D eigenvalue weighted by molar-refractivity contribution is 0.0983. The van der Waals surface area contributed by atoms with Gasteiger partial charge in [-0.05, 0) is 214 Å². The van der Waals surface area contributed by atoms with E-state index in [-0.39, 0.29) is 58.1 Å². The van der Waals surface area contributed by atoms with E-state index in [0.717, 1.165) is 135 Å². The Bertz CT molecular complexity index is 4080. The number of fused-ring (bicyclic) bond motifs is 5. The van der Waals surface area contributed by atoms with E-state index in [4.69, 9.17) is 33.4 Å². The van der Waals surface area contributed by atoms with Crippen molar-refractivity contribution in [3.63, 3.8) is 0 Å². The second kappa shape index (κ2) is 39.4. The molecule has 0 saturated carbocycles. The van der Waals surface area contributed by atoms with Gasteiger partial charge in [-0.1, -0.05) is 82.1 Å². The van der Waals surface area contributed by atoms with Gasteiger partial charge in [0.2, 0.25) is 0 Å². The molecule has 0 saturated heterocycles. The molecule has 10 rings (SSSR count). The topological polar surface area (TPSA) is 430 Å². The normalized spacial score (nSPS) is 17.0. The molecule has 31 heteroatoms. The van der Waals surface area contributed by atoms with Crippen LogP contribution in [-0.4, -0.2) is 96.5 Å². The zero-order valence-electron chi connectivity index (χ0n) is 67.2. The number of ether oxygens (including phenoxy) is 1. The Morgan fingerprint density at radius 3 is 0.982 bits per heavy atom. The van der Waals surface area contributed by atoms with Crippen molar-refractivity contribution in [2.45, 2.75) is 258 Å². The van der Waals surface area contributed by atoms with Crippen LogP contribution in [0.3, 0.4) is 0 Å². The second-order valence-corrected chi connectivity index (χ2v) is 38.9. The summed E-state index contributed by atoms with van der Waals surface area (Å²) in [5, 5.41) is 30.8. The van der Waals surface area contributed by atoms with E-state index in [1.54, 1.807) is 0 Å². The van der Waals surface area contributed by atoms with Crippen molar-refractivity contribution in [2.24, 2.45) is 63.2 Å². The number of unbranched alkanes of at least 4 members (excludes halogenated alkanes) is 2. The number of hydrogen-bond donors (Lipinski definition) is 15. The Labute approximate surface area is 663 Å². The highest BCUT2D eigenvalue weighted by molar-refractivity contribution is 7.18. The SMILES string of the molecule is CC(C)(C)NC(=O)Nc1sc2c(c1C(N)=O)CCC(C(C)(C)C)C2.CC(C)NC(=O)Nc1sc2c(c1C(N)=O)CCOC2.CC1CCc2c(sc(NC(=O)NC(C)(C)C)c2C(N)=O)C1.CCCCNC(=O)Nc1sc2c(c1C(N)=O)CCC(C(C)(C)C)C2.CCCCNC(=O)Nc1sc2c(c1C(N)=O)CCC(C)C2. The second-order valence-electron chi connectivity index (χ2n) is 33.4. The maximum atomic E-state index is 12.2. The minimum atomic E-state index is -0.515. The molecule has 109 heavy (non-hydrogen) atoms. The first-order chi connectivity index (χ1) is 50.8. The molecular formula is C78H121N15O11S5. The first kappa shape index (κ1) is 90.0.